The van der Waals surface area contributed by atoms with Crippen LogP contribution in [0.15, 0.2) is 53.6 Å². The third-order valence-electron chi connectivity index (χ3n) is 4.83. The molecule has 7 heteroatoms. The fraction of sp³-hybridized carbons (Fsp3) is 0.227. The van der Waals surface area contributed by atoms with Crippen LogP contribution in [-0.2, 0) is 12.8 Å². The van der Waals surface area contributed by atoms with Crippen molar-refractivity contribution in [2.75, 3.05) is 11.9 Å². The van der Waals surface area contributed by atoms with Crippen LogP contribution in [0.4, 0.5) is 5.00 Å². The van der Waals surface area contributed by atoms with E-state index in [1.54, 1.807) is 12.1 Å². The largest absolute Gasteiger partial charge is 0.355 e. The topological polar surface area (TPSA) is 84.2 Å². The van der Waals surface area contributed by atoms with Gasteiger partial charge in [0.25, 0.3) is 11.8 Å². The van der Waals surface area contributed by atoms with Crippen molar-refractivity contribution in [3.63, 3.8) is 0 Å². The van der Waals surface area contributed by atoms with E-state index in [1.165, 1.54) is 16.2 Å². The Balaban J connectivity index is 1.60. The molecule has 0 atom stereocenters. The van der Waals surface area contributed by atoms with Gasteiger partial charge in [-0.25, -0.2) is 0 Å². The lowest BCUT2D eigenvalue weighted by atomic mass is 9.95. The molecule has 2 amide bonds. The Kier molecular flexibility index (Phi) is 5.57. The van der Waals surface area contributed by atoms with Gasteiger partial charge in [0, 0.05) is 23.1 Å². The minimum atomic E-state index is -0.396. The van der Waals surface area contributed by atoms with Crippen molar-refractivity contribution in [3.05, 3.63) is 70.8 Å². The van der Waals surface area contributed by atoms with Crippen LogP contribution in [-0.4, -0.2) is 23.5 Å². The standard InChI is InChI=1S/C22H21N3O3S/c1-2-12-23-21(27)19-15-10-6-7-11-18(15)29-22(19)24-20(26)16-13-17(28-25-16)14-8-4-3-5-9-14/h2-5,8-9,13H,1,6-7,10-12H2,(H,23,27)(H,24,26). The van der Waals surface area contributed by atoms with Crippen molar-refractivity contribution in [1.29, 1.82) is 0 Å². The van der Waals surface area contributed by atoms with Gasteiger partial charge in [-0.2, -0.15) is 0 Å². The Morgan fingerprint density at radius 1 is 1.17 bits per heavy atom. The van der Waals surface area contributed by atoms with Crippen LogP contribution >= 0.6 is 11.3 Å². The summed E-state index contributed by atoms with van der Waals surface area (Å²) in [4.78, 5) is 26.7. The number of benzene rings is 1. The fourth-order valence-electron chi connectivity index (χ4n) is 3.44. The maximum Gasteiger partial charge on any atom is 0.278 e. The molecular formula is C22H21N3O3S. The third-order valence-corrected chi connectivity index (χ3v) is 6.04. The van der Waals surface area contributed by atoms with Crippen LogP contribution in [0.1, 0.15) is 44.1 Å². The van der Waals surface area contributed by atoms with Crippen molar-refractivity contribution in [1.82, 2.24) is 10.5 Å². The molecule has 2 N–H and O–H groups in total. The summed E-state index contributed by atoms with van der Waals surface area (Å²) in [6, 6.07) is 11.1. The molecule has 3 aromatic rings. The molecule has 0 saturated heterocycles. The molecular weight excluding hydrogens is 386 g/mol. The van der Waals surface area contributed by atoms with E-state index >= 15 is 0 Å². The molecule has 29 heavy (non-hydrogen) atoms. The monoisotopic (exact) mass is 407 g/mol. The number of carbonyl (C=O) groups is 2. The maximum absolute atomic E-state index is 12.8. The summed E-state index contributed by atoms with van der Waals surface area (Å²) < 4.78 is 5.32. The Morgan fingerprint density at radius 2 is 1.97 bits per heavy atom. The van der Waals surface area contributed by atoms with Gasteiger partial charge in [-0.15, -0.1) is 17.9 Å². The summed E-state index contributed by atoms with van der Waals surface area (Å²) >= 11 is 1.47. The van der Waals surface area contributed by atoms with E-state index in [0.717, 1.165) is 36.8 Å². The number of carbonyl (C=O) groups excluding carboxylic acids is 2. The van der Waals surface area contributed by atoms with E-state index < -0.39 is 5.91 Å². The number of anilines is 1. The Labute approximate surface area is 172 Å². The molecule has 6 nitrogen and oxygen atoms in total. The third kappa shape index (κ3) is 4.00. The van der Waals surface area contributed by atoms with E-state index in [1.807, 2.05) is 30.3 Å². The highest BCUT2D eigenvalue weighted by atomic mass is 32.1. The second-order valence-corrected chi connectivity index (χ2v) is 7.92. The number of amides is 2. The number of hydrogen-bond donors (Lipinski definition) is 2. The summed E-state index contributed by atoms with van der Waals surface area (Å²) in [5.74, 6) is -0.0674. The second-order valence-electron chi connectivity index (χ2n) is 6.81. The molecule has 0 bridgehead atoms. The first-order valence-corrected chi connectivity index (χ1v) is 10.4. The summed E-state index contributed by atoms with van der Waals surface area (Å²) in [6.45, 7) is 4.01. The lowest BCUT2D eigenvalue weighted by Gasteiger charge is -2.12. The zero-order valence-corrected chi connectivity index (χ0v) is 16.7. The molecule has 0 saturated carbocycles. The van der Waals surface area contributed by atoms with Gasteiger partial charge >= 0.3 is 0 Å². The lowest BCUT2D eigenvalue weighted by Crippen LogP contribution is -2.26. The minimum absolute atomic E-state index is 0.174. The molecule has 0 unspecified atom stereocenters. The summed E-state index contributed by atoms with van der Waals surface area (Å²) in [6.07, 6.45) is 5.55. The molecule has 0 aliphatic heterocycles. The first-order chi connectivity index (χ1) is 14.2. The highest BCUT2D eigenvalue weighted by Gasteiger charge is 2.27. The fourth-order valence-corrected chi connectivity index (χ4v) is 4.72. The van der Waals surface area contributed by atoms with E-state index in [9.17, 15) is 9.59 Å². The van der Waals surface area contributed by atoms with Gasteiger partial charge in [0.15, 0.2) is 11.5 Å². The van der Waals surface area contributed by atoms with Gasteiger partial charge in [0.1, 0.15) is 5.00 Å². The Bertz CT molecular complexity index is 1050. The molecule has 0 spiro atoms. The van der Waals surface area contributed by atoms with E-state index in [0.29, 0.717) is 22.9 Å². The molecule has 1 aliphatic carbocycles. The number of rotatable bonds is 6. The van der Waals surface area contributed by atoms with Crippen molar-refractivity contribution < 1.29 is 14.1 Å². The van der Waals surface area contributed by atoms with Crippen LogP contribution in [0.25, 0.3) is 11.3 Å². The van der Waals surface area contributed by atoms with Crippen LogP contribution in [0.2, 0.25) is 0 Å². The van der Waals surface area contributed by atoms with Gasteiger partial charge < -0.3 is 15.2 Å². The number of thiophene rings is 1. The minimum Gasteiger partial charge on any atom is -0.355 e. The normalized spacial score (nSPS) is 12.8. The number of hydrogen-bond acceptors (Lipinski definition) is 5. The predicted octanol–water partition coefficient (Wildman–Crippen LogP) is 4.45. The Hall–Kier alpha value is -3.19. The van der Waals surface area contributed by atoms with Crippen LogP contribution in [0.5, 0.6) is 0 Å². The predicted molar refractivity (Wildman–Crippen MR) is 113 cm³/mol. The number of nitrogens with zero attached hydrogens (tertiary/aromatic N) is 1. The second kappa shape index (κ2) is 8.45. The molecule has 2 heterocycles. The van der Waals surface area contributed by atoms with Gasteiger partial charge in [0.2, 0.25) is 0 Å². The van der Waals surface area contributed by atoms with Crippen molar-refractivity contribution >= 4 is 28.2 Å². The molecule has 2 aromatic heterocycles. The molecule has 0 fully saturated rings. The molecule has 1 aliphatic rings. The zero-order valence-electron chi connectivity index (χ0n) is 15.9. The number of aromatic nitrogens is 1. The van der Waals surface area contributed by atoms with Gasteiger partial charge in [0.05, 0.1) is 5.56 Å². The van der Waals surface area contributed by atoms with Crippen molar-refractivity contribution in [2.24, 2.45) is 0 Å². The summed E-state index contributed by atoms with van der Waals surface area (Å²) in [5, 5.41) is 10.2. The Morgan fingerprint density at radius 3 is 2.76 bits per heavy atom. The first kappa shape index (κ1) is 19.1. The van der Waals surface area contributed by atoms with Gasteiger partial charge in [-0.05, 0) is 31.2 Å². The lowest BCUT2D eigenvalue weighted by molar-refractivity contribution is 0.0958. The average Bonchev–Trinajstić information content (AvgIpc) is 3.37. The quantitative estimate of drug-likeness (QED) is 0.591. The van der Waals surface area contributed by atoms with E-state index in [-0.39, 0.29) is 11.6 Å². The van der Waals surface area contributed by atoms with Crippen LogP contribution in [0.3, 0.4) is 0 Å². The molecule has 0 radical (unpaired) electrons. The molecule has 148 valence electrons. The van der Waals surface area contributed by atoms with E-state index in [4.69, 9.17) is 4.52 Å². The first-order valence-electron chi connectivity index (χ1n) is 9.54. The highest BCUT2D eigenvalue weighted by Crippen LogP contribution is 2.38. The van der Waals surface area contributed by atoms with E-state index in [2.05, 4.69) is 22.4 Å². The number of fused-ring (bicyclic) bond motifs is 1. The maximum atomic E-state index is 12.8. The van der Waals surface area contributed by atoms with Crippen LogP contribution < -0.4 is 10.6 Å². The SMILES string of the molecule is C=CCNC(=O)c1c(NC(=O)c2cc(-c3ccccc3)on2)sc2c1CCCC2. The summed E-state index contributed by atoms with van der Waals surface area (Å²) in [5.41, 5.74) is 2.62. The van der Waals surface area contributed by atoms with Gasteiger partial charge in [-0.3, -0.25) is 9.59 Å². The van der Waals surface area contributed by atoms with Gasteiger partial charge in [-0.1, -0.05) is 41.6 Å². The van der Waals surface area contributed by atoms with Crippen LogP contribution in [0, 0.1) is 0 Å². The van der Waals surface area contributed by atoms with Crippen molar-refractivity contribution in [3.8, 4) is 11.3 Å². The molecule has 1 aromatic carbocycles. The van der Waals surface area contributed by atoms with Crippen molar-refractivity contribution in [2.45, 2.75) is 25.7 Å². The highest BCUT2D eigenvalue weighted by molar-refractivity contribution is 7.17. The number of nitrogens with one attached hydrogen (secondary N) is 2. The number of aryl methyl sites for hydroxylation is 1. The summed E-state index contributed by atoms with van der Waals surface area (Å²) in [7, 11) is 0. The average molecular weight is 407 g/mol. The zero-order chi connectivity index (χ0) is 20.2. The molecule has 4 rings (SSSR count). The smallest absolute Gasteiger partial charge is 0.278 e.